The molecule has 2 rings (SSSR count). The first-order valence-corrected chi connectivity index (χ1v) is 6.29. The molecule has 2 N–H and O–H groups in total. The molecule has 18 heavy (non-hydrogen) atoms. The maximum absolute atomic E-state index is 11.8. The minimum absolute atomic E-state index is 0. The van der Waals surface area contributed by atoms with Crippen LogP contribution in [0.2, 0.25) is 5.02 Å². The summed E-state index contributed by atoms with van der Waals surface area (Å²) in [7, 11) is 0. The van der Waals surface area contributed by atoms with Gasteiger partial charge in [-0.05, 0) is 56.1 Å². The lowest BCUT2D eigenvalue weighted by Gasteiger charge is -2.11. The van der Waals surface area contributed by atoms with E-state index in [-0.39, 0.29) is 18.3 Å². The number of aryl methyl sites for hydroxylation is 1. The number of benzene rings is 1. The van der Waals surface area contributed by atoms with Gasteiger partial charge in [-0.2, -0.15) is 0 Å². The fraction of sp³-hybridized carbons (Fsp3) is 0.462. The summed E-state index contributed by atoms with van der Waals surface area (Å²) in [4.78, 5) is 11.8. The molecule has 1 aromatic carbocycles. The van der Waals surface area contributed by atoms with Gasteiger partial charge in [0.2, 0.25) is 5.91 Å². The Morgan fingerprint density at radius 3 is 2.94 bits per heavy atom. The fourth-order valence-electron chi connectivity index (χ4n) is 2.12. The summed E-state index contributed by atoms with van der Waals surface area (Å²) < 4.78 is 0. The Hall–Kier alpha value is -0.770. The summed E-state index contributed by atoms with van der Waals surface area (Å²) in [5.41, 5.74) is 1.85. The van der Waals surface area contributed by atoms with Gasteiger partial charge in [-0.25, -0.2) is 0 Å². The summed E-state index contributed by atoms with van der Waals surface area (Å²) in [6, 6.07) is 5.50. The standard InChI is InChI=1S/C13H17ClN2O.ClH/c1-9-6-11(14)2-3-12(9)16-13(17)7-10-4-5-15-8-10;/h2-3,6,10,15H,4-5,7-8H2,1H3,(H,16,17);1H. The highest BCUT2D eigenvalue weighted by molar-refractivity contribution is 6.30. The van der Waals surface area contributed by atoms with E-state index in [1.165, 1.54) is 0 Å². The average molecular weight is 289 g/mol. The van der Waals surface area contributed by atoms with E-state index >= 15 is 0 Å². The molecule has 0 spiro atoms. The van der Waals surface area contributed by atoms with Crippen molar-refractivity contribution >= 4 is 35.6 Å². The number of nitrogens with one attached hydrogen (secondary N) is 2. The topological polar surface area (TPSA) is 41.1 Å². The molecule has 1 aromatic rings. The number of hydrogen-bond acceptors (Lipinski definition) is 2. The number of halogens is 2. The van der Waals surface area contributed by atoms with Crippen LogP contribution < -0.4 is 10.6 Å². The molecule has 3 nitrogen and oxygen atoms in total. The highest BCUT2D eigenvalue weighted by atomic mass is 35.5. The zero-order valence-corrected chi connectivity index (χ0v) is 11.9. The second kappa shape index (κ2) is 6.98. The highest BCUT2D eigenvalue weighted by Gasteiger charge is 2.18. The molecule has 1 aliphatic rings. The Kier molecular flexibility index (Phi) is 5.93. The van der Waals surface area contributed by atoms with Crippen molar-refractivity contribution in [1.29, 1.82) is 0 Å². The second-order valence-electron chi connectivity index (χ2n) is 4.57. The van der Waals surface area contributed by atoms with Crippen LogP contribution in [-0.4, -0.2) is 19.0 Å². The predicted octanol–water partition coefficient (Wildman–Crippen LogP) is 3.01. The van der Waals surface area contributed by atoms with E-state index in [2.05, 4.69) is 10.6 Å². The SMILES string of the molecule is Cc1cc(Cl)ccc1NC(=O)CC1CCNC1.Cl. The van der Waals surface area contributed by atoms with Gasteiger partial charge in [-0.3, -0.25) is 4.79 Å². The van der Waals surface area contributed by atoms with Crippen LogP contribution in [0.15, 0.2) is 18.2 Å². The summed E-state index contributed by atoms with van der Waals surface area (Å²) in [5, 5.41) is 6.90. The molecule has 0 aliphatic carbocycles. The molecule has 1 unspecified atom stereocenters. The lowest BCUT2D eigenvalue weighted by atomic mass is 10.0. The van der Waals surface area contributed by atoms with Gasteiger partial charge in [-0.1, -0.05) is 11.6 Å². The first-order chi connectivity index (χ1) is 8.15. The van der Waals surface area contributed by atoms with Crippen LogP contribution in [0.5, 0.6) is 0 Å². The number of hydrogen-bond donors (Lipinski definition) is 2. The predicted molar refractivity (Wildman–Crippen MR) is 77.7 cm³/mol. The minimum atomic E-state index is 0. The molecule has 1 heterocycles. The molecule has 0 aromatic heterocycles. The van der Waals surface area contributed by atoms with Gasteiger partial charge < -0.3 is 10.6 Å². The van der Waals surface area contributed by atoms with Crippen LogP contribution in [-0.2, 0) is 4.79 Å². The van der Waals surface area contributed by atoms with E-state index in [0.29, 0.717) is 17.4 Å². The van der Waals surface area contributed by atoms with E-state index in [9.17, 15) is 4.79 Å². The normalized spacial score (nSPS) is 18.2. The monoisotopic (exact) mass is 288 g/mol. The first kappa shape index (κ1) is 15.3. The number of carbonyl (C=O) groups excluding carboxylic acids is 1. The number of anilines is 1. The Morgan fingerprint density at radius 1 is 1.56 bits per heavy atom. The third-order valence-electron chi connectivity index (χ3n) is 3.10. The summed E-state index contributed by atoms with van der Waals surface area (Å²) in [5.74, 6) is 0.562. The van der Waals surface area contributed by atoms with Crippen LogP contribution in [0, 0.1) is 12.8 Å². The van der Waals surface area contributed by atoms with Gasteiger partial charge in [0, 0.05) is 17.1 Å². The van der Waals surface area contributed by atoms with Crippen molar-refractivity contribution in [3.05, 3.63) is 28.8 Å². The first-order valence-electron chi connectivity index (χ1n) is 5.92. The molecule has 1 fully saturated rings. The zero-order chi connectivity index (χ0) is 12.3. The third-order valence-corrected chi connectivity index (χ3v) is 3.33. The van der Waals surface area contributed by atoms with Gasteiger partial charge in [0.1, 0.15) is 0 Å². The van der Waals surface area contributed by atoms with Gasteiger partial charge >= 0.3 is 0 Å². The van der Waals surface area contributed by atoms with Crippen molar-refractivity contribution in [2.45, 2.75) is 19.8 Å². The smallest absolute Gasteiger partial charge is 0.224 e. The molecule has 5 heteroatoms. The maximum Gasteiger partial charge on any atom is 0.224 e. The van der Waals surface area contributed by atoms with Crippen molar-refractivity contribution in [3.8, 4) is 0 Å². The van der Waals surface area contributed by atoms with Crippen LogP contribution in [0.4, 0.5) is 5.69 Å². The summed E-state index contributed by atoms with van der Waals surface area (Å²) in [6.07, 6.45) is 1.68. The van der Waals surface area contributed by atoms with Crippen molar-refractivity contribution in [2.75, 3.05) is 18.4 Å². The quantitative estimate of drug-likeness (QED) is 0.898. The zero-order valence-electron chi connectivity index (χ0n) is 10.3. The van der Waals surface area contributed by atoms with Gasteiger partial charge in [-0.15, -0.1) is 12.4 Å². The molecule has 1 atom stereocenters. The van der Waals surface area contributed by atoms with Gasteiger partial charge in [0.05, 0.1) is 0 Å². The lowest BCUT2D eigenvalue weighted by molar-refractivity contribution is -0.116. The van der Waals surface area contributed by atoms with Crippen molar-refractivity contribution in [1.82, 2.24) is 5.32 Å². The molecule has 0 bridgehead atoms. The number of rotatable bonds is 3. The largest absolute Gasteiger partial charge is 0.326 e. The maximum atomic E-state index is 11.8. The Balaban J connectivity index is 0.00000162. The van der Waals surface area contributed by atoms with Gasteiger partial charge in [0.15, 0.2) is 0 Å². The Morgan fingerprint density at radius 2 is 2.33 bits per heavy atom. The van der Waals surface area contributed by atoms with Crippen LogP contribution >= 0.6 is 24.0 Å². The van der Waals surface area contributed by atoms with E-state index in [0.717, 1.165) is 30.8 Å². The molecular formula is C13H18Cl2N2O. The van der Waals surface area contributed by atoms with E-state index < -0.39 is 0 Å². The molecule has 1 amide bonds. The number of amides is 1. The molecular weight excluding hydrogens is 271 g/mol. The molecule has 0 radical (unpaired) electrons. The number of carbonyl (C=O) groups is 1. The molecule has 1 saturated heterocycles. The van der Waals surface area contributed by atoms with Crippen LogP contribution in [0.1, 0.15) is 18.4 Å². The van der Waals surface area contributed by atoms with Crippen molar-refractivity contribution in [2.24, 2.45) is 5.92 Å². The van der Waals surface area contributed by atoms with Crippen molar-refractivity contribution < 1.29 is 4.79 Å². The summed E-state index contributed by atoms with van der Waals surface area (Å²) >= 11 is 5.87. The molecule has 100 valence electrons. The second-order valence-corrected chi connectivity index (χ2v) is 5.01. The minimum Gasteiger partial charge on any atom is -0.326 e. The third kappa shape index (κ3) is 4.16. The summed E-state index contributed by atoms with van der Waals surface area (Å²) in [6.45, 7) is 3.92. The van der Waals surface area contributed by atoms with Crippen LogP contribution in [0.3, 0.4) is 0 Å². The van der Waals surface area contributed by atoms with Crippen molar-refractivity contribution in [3.63, 3.8) is 0 Å². The average Bonchev–Trinajstić information content (AvgIpc) is 2.75. The van der Waals surface area contributed by atoms with E-state index in [1.807, 2.05) is 19.1 Å². The van der Waals surface area contributed by atoms with Crippen LogP contribution in [0.25, 0.3) is 0 Å². The Bertz CT molecular complexity index is 417. The Labute approximate surface area is 119 Å². The van der Waals surface area contributed by atoms with Gasteiger partial charge in [0.25, 0.3) is 0 Å². The molecule has 1 aliphatic heterocycles. The lowest BCUT2D eigenvalue weighted by Crippen LogP contribution is -2.18. The fourth-order valence-corrected chi connectivity index (χ4v) is 2.35. The van der Waals surface area contributed by atoms with E-state index in [1.54, 1.807) is 6.07 Å². The molecule has 0 saturated carbocycles. The van der Waals surface area contributed by atoms with E-state index in [4.69, 9.17) is 11.6 Å². The highest BCUT2D eigenvalue weighted by Crippen LogP contribution is 2.20.